The van der Waals surface area contributed by atoms with Crippen LogP contribution in [0, 0.1) is 5.92 Å². The third-order valence-corrected chi connectivity index (χ3v) is 4.67. The molecule has 1 saturated carbocycles. The van der Waals surface area contributed by atoms with E-state index >= 15 is 0 Å². The number of rotatable bonds is 3. The van der Waals surface area contributed by atoms with E-state index in [1.54, 1.807) is 0 Å². The summed E-state index contributed by atoms with van der Waals surface area (Å²) < 4.78 is 12.0. The molecule has 3 nitrogen and oxygen atoms in total. The quantitative estimate of drug-likeness (QED) is 0.626. The van der Waals surface area contributed by atoms with Gasteiger partial charge in [0, 0.05) is 11.5 Å². The third kappa shape index (κ3) is 2.31. The summed E-state index contributed by atoms with van der Waals surface area (Å²) in [5.41, 5.74) is 1.10. The minimum Gasteiger partial charge on any atom is -0.399 e. The SMILES string of the molecule is CC1(C)OB(c2ccc(C(=O)C3CC3)cc2)OC1(C)C. The lowest BCUT2D eigenvalue weighted by atomic mass is 9.78. The molecule has 106 valence electrons. The zero-order valence-corrected chi connectivity index (χ0v) is 12.6. The van der Waals surface area contributed by atoms with E-state index in [1.807, 2.05) is 52.0 Å². The second-order valence-corrected chi connectivity index (χ2v) is 6.85. The first kappa shape index (κ1) is 13.8. The second-order valence-electron chi connectivity index (χ2n) is 6.85. The average molecular weight is 272 g/mol. The van der Waals surface area contributed by atoms with Crippen LogP contribution in [0.5, 0.6) is 0 Å². The van der Waals surface area contributed by atoms with Gasteiger partial charge < -0.3 is 9.31 Å². The zero-order chi connectivity index (χ0) is 14.5. The summed E-state index contributed by atoms with van der Waals surface area (Å²) in [4.78, 5) is 12.0. The van der Waals surface area contributed by atoms with Gasteiger partial charge in [-0.1, -0.05) is 24.3 Å². The fourth-order valence-electron chi connectivity index (χ4n) is 2.36. The molecule has 1 aromatic rings. The maximum absolute atomic E-state index is 12.0. The maximum Gasteiger partial charge on any atom is 0.494 e. The Labute approximate surface area is 120 Å². The van der Waals surface area contributed by atoms with Crippen LogP contribution in [-0.2, 0) is 9.31 Å². The van der Waals surface area contributed by atoms with E-state index in [1.165, 1.54) is 0 Å². The predicted molar refractivity (Wildman–Crippen MR) is 79.2 cm³/mol. The molecule has 20 heavy (non-hydrogen) atoms. The summed E-state index contributed by atoms with van der Waals surface area (Å²) in [5.74, 6) is 0.531. The van der Waals surface area contributed by atoms with Crippen LogP contribution in [-0.4, -0.2) is 24.1 Å². The Morgan fingerprint density at radius 1 is 1.05 bits per heavy atom. The van der Waals surface area contributed by atoms with Crippen molar-refractivity contribution in [3.05, 3.63) is 29.8 Å². The third-order valence-electron chi connectivity index (χ3n) is 4.67. The smallest absolute Gasteiger partial charge is 0.399 e. The van der Waals surface area contributed by atoms with Gasteiger partial charge in [0.15, 0.2) is 5.78 Å². The fraction of sp³-hybridized carbons (Fsp3) is 0.562. The number of hydrogen-bond donors (Lipinski definition) is 0. The Hall–Kier alpha value is -1.13. The molecule has 2 aliphatic rings. The van der Waals surface area contributed by atoms with Crippen molar-refractivity contribution in [3.8, 4) is 0 Å². The van der Waals surface area contributed by atoms with Crippen molar-refractivity contribution in [2.45, 2.75) is 51.7 Å². The maximum atomic E-state index is 12.0. The summed E-state index contributed by atoms with van der Waals surface area (Å²) in [5, 5.41) is 0. The van der Waals surface area contributed by atoms with Gasteiger partial charge in [-0.05, 0) is 46.0 Å². The van der Waals surface area contributed by atoms with E-state index < -0.39 is 0 Å². The summed E-state index contributed by atoms with van der Waals surface area (Å²) in [6.45, 7) is 8.16. The summed E-state index contributed by atoms with van der Waals surface area (Å²) in [6.07, 6.45) is 2.08. The summed E-state index contributed by atoms with van der Waals surface area (Å²) in [7, 11) is -0.356. The number of hydrogen-bond acceptors (Lipinski definition) is 3. The Morgan fingerprint density at radius 2 is 1.55 bits per heavy atom. The molecule has 0 spiro atoms. The lowest BCUT2D eigenvalue weighted by Crippen LogP contribution is -2.41. The molecule has 1 aliphatic carbocycles. The minimum absolute atomic E-state index is 0.262. The average Bonchev–Trinajstić information content (AvgIpc) is 3.17. The lowest BCUT2D eigenvalue weighted by Gasteiger charge is -2.32. The van der Waals surface area contributed by atoms with Crippen LogP contribution in [0.1, 0.15) is 50.9 Å². The van der Waals surface area contributed by atoms with Gasteiger partial charge in [0.05, 0.1) is 11.2 Å². The topological polar surface area (TPSA) is 35.5 Å². The normalized spacial score (nSPS) is 23.9. The van der Waals surface area contributed by atoms with Crippen molar-refractivity contribution >= 4 is 18.4 Å². The van der Waals surface area contributed by atoms with Crippen molar-refractivity contribution in [3.63, 3.8) is 0 Å². The Balaban J connectivity index is 1.77. The highest BCUT2D eigenvalue weighted by Gasteiger charge is 2.51. The van der Waals surface area contributed by atoms with Crippen LogP contribution in [0.25, 0.3) is 0 Å². The van der Waals surface area contributed by atoms with Crippen LogP contribution >= 0.6 is 0 Å². The summed E-state index contributed by atoms with van der Waals surface area (Å²) >= 11 is 0. The van der Waals surface area contributed by atoms with Gasteiger partial charge in [-0.3, -0.25) is 4.79 Å². The molecule has 0 amide bonds. The standard InChI is InChI=1S/C16H21BO3/c1-15(2)16(3,4)20-17(19-15)13-9-7-12(8-10-13)14(18)11-5-6-11/h7-11H,5-6H2,1-4H3. The van der Waals surface area contributed by atoms with Gasteiger partial charge >= 0.3 is 7.12 Å². The number of carbonyl (C=O) groups excluding carboxylic acids is 1. The van der Waals surface area contributed by atoms with E-state index in [2.05, 4.69) is 0 Å². The van der Waals surface area contributed by atoms with Crippen molar-refractivity contribution in [1.29, 1.82) is 0 Å². The summed E-state index contributed by atoms with van der Waals surface area (Å²) in [6, 6.07) is 7.66. The molecule has 1 heterocycles. The molecule has 1 aromatic carbocycles. The Morgan fingerprint density at radius 3 is 2.00 bits per heavy atom. The van der Waals surface area contributed by atoms with Gasteiger partial charge in [0.1, 0.15) is 0 Å². The lowest BCUT2D eigenvalue weighted by molar-refractivity contribution is 0.00578. The van der Waals surface area contributed by atoms with Gasteiger partial charge in [-0.2, -0.15) is 0 Å². The molecular formula is C16H21BO3. The van der Waals surface area contributed by atoms with Crippen molar-refractivity contribution in [2.24, 2.45) is 5.92 Å². The van der Waals surface area contributed by atoms with Crippen LogP contribution < -0.4 is 5.46 Å². The molecule has 3 rings (SSSR count). The zero-order valence-electron chi connectivity index (χ0n) is 12.6. The number of carbonyl (C=O) groups is 1. The molecule has 0 bridgehead atoms. The largest absolute Gasteiger partial charge is 0.494 e. The Kier molecular flexibility index (Phi) is 3.07. The number of benzene rings is 1. The molecule has 0 N–H and O–H groups in total. The van der Waals surface area contributed by atoms with Crippen LogP contribution in [0.4, 0.5) is 0 Å². The molecule has 1 saturated heterocycles. The predicted octanol–water partition coefficient (Wildman–Crippen LogP) is 2.58. The molecule has 0 unspecified atom stereocenters. The molecule has 0 aromatic heterocycles. The van der Waals surface area contributed by atoms with Gasteiger partial charge in [0.2, 0.25) is 0 Å². The highest BCUT2D eigenvalue weighted by Crippen LogP contribution is 2.36. The Bertz CT molecular complexity index is 513. The van der Waals surface area contributed by atoms with Gasteiger partial charge in [-0.25, -0.2) is 0 Å². The van der Waals surface area contributed by atoms with E-state index in [9.17, 15) is 4.79 Å². The number of ketones is 1. The fourth-order valence-corrected chi connectivity index (χ4v) is 2.36. The highest BCUT2D eigenvalue weighted by atomic mass is 16.7. The van der Waals surface area contributed by atoms with E-state index in [0.717, 1.165) is 23.9 Å². The molecule has 2 fully saturated rings. The molecule has 1 aliphatic heterocycles. The van der Waals surface area contributed by atoms with Crippen LogP contribution in [0.2, 0.25) is 0 Å². The molecular weight excluding hydrogens is 251 g/mol. The second kappa shape index (κ2) is 4.44. The van der Waals surface area contributed by atoms with Crippen LogP contribution in [0.15, 0.2) is 24.3 Å². The van der Waals surface area contributed by atoms with Crippen molar-refractivity contribution < 1.29 is 14.1 Å². The first-order chi connectivity index (χ1) is 9.30. The van der Waals surface area contributed by atoms with Gasteiger partial charge in [-0.15, -0.1) is 0 Å². The number of Topliss-reactive ketones (excluding diaryl/α,β-unsaturated/α-hetero) is 1. The first-order valence-corrected chi connectivity index (χ1v) is 7.30. The first-order valence-electron chi connectivity index (χ1n) is 7.30. The molecule has 0 radical (unpaired) electrons. The monoisotopic (exact) mass is 272 g/mol. The highest BCUT2D eigenvalue weighted by molar-refractivity contribution is 6.62. The van der Waals surface area contributed by atoms with E-state index in [4.69, 9.17) is 9.31 Å². The minimum atomic E-state index is -0.356. The molecule has 0 atom stereocenters. The van der Waals surface area contributed by atoms with E-state index in [0.29, 0.717) is 0 Å². The molecule has 4 heteroatoms. The van der Waals surface area contributed by atoms with Crippen LogP contribution in [0.3, 0.4) is 0 Å². The van der Waals surface area contributed by atoms with E-state index in [-0.39, 0.29) is 30.0 Å². The van der Waals surface area contributed by atoms with Gasteiger partial charge in [0.25, 0.3) is 0 Å². The van der Waals surface area contributed by atoms with Crippen molar-refractivity contribution in [1.82, 2.24) is 0 Å². The van der Waals surface area contributed by atoms with Crippen molar-refractivity contribution in [2.75, 3.05) is 0 Å².